The van der Waals surface area contributed by atoms with Crippen molar-refractivity contribution in [3.63, 3.8) is 0 Å². The van der Waals surface area contributed by atoms with Crippen LogP contribution >= 0.6 is 15.9 Å². The van der Waals surface area contributed by atoms with E-state index < -0.39 is 0 Å². The number of rotatable bonds is 3. The average molecular weight is 254 g/mol. The Hall–Kier alpha value is -0.800. The van der Waals surface area contributed by atoms with E-state index in [-0.39, 0.29) is 0 Å². The molecule has 1 aromatic carbocycles. The average Bonchev–Trinajstić information content (AvgIpc) is 2.57. The molecule has 1 aromatic heterocycles. The zero-order valence-corrected chi connectivity index (χ0v) is 9.38. The summed E-state index contributed by atoms with van der Waals surface area (Å²) in [7, 11) is 0. The van der Waals surface area contributed by atoms with E-state index in [0.717, 1.165) is 34.8 Å². The van der Waals surface area contributed by atoms with Gasteiger partial charge in [-0.05, 0) is 53.0 Å². The molecule has 0 bridgehead atoms. The van der Waals surface area contributed by atoms with E-state index in [1.54, 1.807) is 6.26 Å². The van der Waals surface area contributed by atoms with Crippen LogP contribution in [-0.4, -0.2) is 6.54 Å². The number of hydrogen-bond donors (Lipinski definition) is 1. The first-order valence-electron chi connectivity index (χ1n) is 4.67. The molecule has 2 nitrogen and oxygen atoms in total. The van der Waals surface area contributed by atoms with Crippen molar-refractivity contribution in [1.29, 1.82) is 0 Å². The van der Waals surface area contributed by atoms with Gasteiger partial charge in [0.15, 0.2) is 0 Å². The number of aryl methyl sites for hydroxylation is 1. The van der Waals surface area contributed by atoms with E-state index in [4.69, 9.17) is 10.2 Å². The Balaban J connectivity index is 2.34. The molecule has 0 aliphatic heterocycles. The van der Waals surface area contributed by atoms with Crippen LogP contribution < -0.4 is 5.73 Å². The molecule has 0 atom stereocenters. The summed E-state index contributed by atoms with van der Waals surface area (Å²) in [4.78, 5) is 0. The maximum atomic E-state index is 5.47. The highest BCUT2D eigenvalue weighted by atomic mass is 79.9. The molecule has 2 N–H and O–H groups in total. The molecule has 0 aliphatic carbocycles. The van der Waals surface area contributed by atoms with Crippen molar-refractivity contribution in [2.75, 3.05) is 6.54 Å². The molecule has 0 fully saturated rings. The fourth-order valence-electron chi connectivity index (χ4n) is 1.51. The summed E-state index contributed by atoms with van der Waals surface area (Å²) in [5.74, 6) is 0. The van der Waals surface area contributed by atoms with Gasteiger partial charge in [-0.25, -0.2) is 0 Å². The van der Waals surface area contributed by atoms with Gasteiger partial charge in [0.25, 0.3) is 0 Å². The normalized spacial score (nSPS) is 11.0. The minimum absolute atomic E-state index is 0.741. The Morgan fingerprint density at radius 3 is 3.00 bits per heavy atom. The summed E-state index contributed by atoms with van der Waals surface area (Å²) in [5, 5.41) is 1.14. The molecule has 0 saturated carbocycles. The molecule has 0 amide bonds. The van der Waals surface area contributed by atoms with Crippen molar-refractivity contribution in [1.82, 2.24) is 0 Å². The first kappa shape index (κ1) is 9.74. The lowest BCUT2D eigenvalue weighted by molar-refractivity contribution is 0.613. The first-order chi connectivity index (χ1) is 6.81. The van der Waals surface area contributed by atoms with E-state index in [1.165, 1.54) is 5.56 Å². The largest absolute Gasteiger partial charge is 0.463 e. The number of nitrogens with two attached hydrogens (primary N) is 1. The summed E-state index contributed by atoms with van der Waals surface area (Å²) in [6.45, 7) is 0.741. The monoisotopic (exact) mass is 253 g/mol. The van der Waals surface area contributed by atoms with Crippen LogP contribution in [0.15, 0.2) is 33.4 Å². The van der Waals surface area contributed by atoms with Crippen LogP contribution in [0.3, 0.4) is 0 Å². The van der Waals surface area contributed by atoms with Crippen molar-refractivity contribution < 1.29 is 4.42 Å². The van der Waals surface area contributed by atoms with Crippen LogP contribution in [-0.2, 0) is 6.42 Å². The third kappa shape index (κ3) is 1.83. The minimum atomic E-state index is 0.741. The van der Waals surface area contributed by atoms with Crippen LogP contribution in [0.25, 0.3) is 11.0 Å². The quantitative estimate of drug-likeness (QED) is 0.914. The van der Waals surface area contributed by atoms with E-state index in [0.29, 0.717) is 0 Å². The van der Waals surface area contributed by atoms with E-state index in [1.807, 2.05) is 6.07 Å². The van der Waals surface area contributed by atoms with Gasteiger partial charge >= 0.3 is 0 Å². The molecule has 0 unspecified atom stereocenters. The Morgan fingerprint density at radius 2 is 2.21 bits per heavy atom. The number of fused-ring (bicyclic) bond motifs is 1. The predicted molar refractivity (Wildman–Crippen MR) is 61.3 cm³/mol. The second-order valence-electron chi connectivity index (χ2n) is 3.31. The molecular formula is C11H12BrNO. The Labute approximate surface area is 91.2 Å². The number of benzene rings is 1. The molecular weight excluding hydrogens is 242 g/mol. The lowest BCUT2D eigenvalue weighted by atomic mass is 10.1. The van der Waals surface area contributed by atoms with E-state index >= 15 is 0 Å². The smallest absolute Gasteiger partial charge is 0.135 e. The Morgan fingerprint density at radius 1 is 1.36 bits per heavy atom. The summed E-state index contributed by atoms with van der Waals surface area (Å²) < 4.78 is 6.35. The van der Waals surface area contributed by atoms with E-state index in [9.17, 15) is 0 Å². The maximum absolute atomic E-state index is 5.47. The topological polar surface area (TPSA) is 39.2 Å². The van der Waals surface area contributed by atoms with Crippen LogP contribution in [0.5, 0.6) is 0 Å². The second-order valence-corrected chi connectivity index (χ2v) is 4.16. The molecule has 0 aliphatic rings. The highest BCUT2D eigenvalue weighted by Crippen LogP contribution is 2.27. The van der Waals surface area contributed by atoms with E-state index in [2.05, 4.69) is 28.1 Å². The van der Waals surface area contributed by atoms with Crippen molar-refractivity contribution in [2.45, 2.75) is 12.8 Å². The molecule has 2 aromatic rings. The van der Waals surface area contributed by atoms with Gasteiger partial charge in [0, 0.05) is 5.39 Å². The lowest BCUT2D eigenvalue weighted by Gasteiger charge is -1.99. The molecule has 0 saturated heterocycles. The lowest BCUT2D eigenvalue weighted by Crippen LogP contribution is -2.00. The van der Waals surface area contributed by atoms with Gasteiger partial charge in [0.05, 0.1) is 4.47 Å². The second kappa shape index (κ2) is 4.15. The Kier molecular flexibility index (Phi) is 2.89. The SMILES string of the molecule is NCCCc1ccc2occ(Br)c2c1. The van der Waals surface area contributed by atoms with Gasteiger partial charge in [-0.3, -0.25) is 0 Å². The van der Waals surface area contributed by atoms with Gasteiger partial charge in [-0.15, -0.1) is 0 Å². The van der Waals surface area contributed by atoms with Crippen molar-refractivity contribution in [2.24, 2.45) is 5.73 Å². The molecule has 0 radical (unpaired) electrons. The molecule has 3 heteroatoms. The summed E-state index contributed by atoms with van der Waals surface area (Å²) in [6, 6.07) is 6.25. The third-order valence-corrected chi connectivity index (χ3v) is 2.87. The maximum Gasteiger partial charge on any atom is 0.135 e. The highest BCUT2D eigenvalue weighted by molar-refractivity contribution is 9.10. The van der Waals surface area contributed by atoms with Gasteiger partial charge in [0.1, 0.15) is 11.8 Å². The zero-order chi connectivity index (χ0) is 9.97. The Bertz CT molecular complexity index is 436. The third-order valence-electron chi connectivity index (χ3n) is 2.26. The zero-order valence-electron chi connectivity index (χ0n) is 7.79. The van der Waals surface area contributed by atoms with Gasteiger partial charge in [-0.2, -0.15) is 0 Å². The minimum Gasteiger partial charge on any atom is -0.463 e. The summed E-state index contributed by atoms with van der Waals surface area (Å²) in [5.41, 5.74) is 7.71. The molecule has 14 heavy (non-hydrogen) atoms. The van der Waals surface area contributed by atoms with Gasteiger partial charge < -0.3 is 10.2 Å². The summed E-state index contributed by atoms with van der Waals surface area (Å²) >= 11 is 3.45. The van der Waals surface area contributed by atoms with Crippen molar-refractivity contribution >= 4 is 26.9 Å². The number of hydrogen-bond acceptors (Lipinski definition) is 2. The molecule has 1 heterocycles. The number of furan rings is 1. The molecule has 74 valence electrons. The standard InChI is InChI=1S/C11H12BrNO/c12-10-7-14-11-4-3-8(2-1-5-13)6-9(10)11/h3-4,6-7H,1-2,5,13H2. The van der Waals surface area contributed by atoms with Crippen molar-refractivity contribution in [3.8, 4) is 0 Å². The fourth-order valence-corrected chi connectivity index (χ4v) is 1.91. The summed E-state index contributed by atoms with van der Waals surface area (Å²) in [6.07, 6.45) is 3.78. The van der Waals surface area contributed by atoms with Crippen LogP contribution in [0.2, 0.25) is 0 Å². The van der Waals surface area contributed by atoms with Crippen LogP contribution in [0.4, 0.5) is 0 Å². The fraction of sp³-hybridized carbons (Fsp3) is 0.273. The molecule has 0 spiro atoms. The van der Waals surface area contributed by atoms with Crippen LogP contribution in [0, 0.1) is 0 Å². The highest BCUT2D eigenvalue weighted by Gasteiger charge is 2.03. The van der Waals surface area contributed by atoms with Gasteiger partial charge in [0.2, 0.25) is 0 Å². The first-order valence-corrected chi connectivity index (χ1v) is 5.46. The van der Waals surface area contributed by atoms with Crippen LogP contribution in [0.1, 0.15) is 12.0 Å². The number of halogens is 1. The molecule has 2 rings (SSSR count). The van der Waals surface area contributed by atoms with Gasteiger partial charge in [-0.1, -0.05) is 6.07 Å². The predicted octanol–water partition coefficient (Wildman–Crippen LogP) is 3.09. The van der Waals surface area contributed by atoms with Crippen molar-refractivity contribution in [3.05, 3.63) is 34.5 Å².